The lowest BCUT2D eigenvalue weighted by Crippen LogP contribution is -2.17. The molecule has 0 aromatic heterocycles. The summed E-state index contributed by atoms with van der Waals surface area (Å²) in [5.41, 5.74) is 7.97. The quantitative estimate of drug-likeness (QED) is 0.799. The van der Waals surface area contributed by atoms with Crippen LogP contribution in [0.1, 0.15) is 18.1 Å². The molecule has 3 heteroatoms. The largest absolute Gasteiger partial charge is 0.496 e. The highest BCUT2D eigenvalue weighted by molar-refractivity contribution is 5.37. The van der Waals surface area contributed by atoms with Crippen LogP contribution in [0.25, 0.3) is 0 Å². The second-order valence-electron chi connectivity index (χ2n) is 3.68. The fourth-order valence-corrected chi connectivity index (χ4v) is 1.49. The van der Waals surface area contributed by atoms with Gasteiger partial charge in [0.15, 0.2) is 0 Å². The van der Waals surface area contributed by atoms with Crippen LogP contribution >= 0.6 is 0 Å². The van der Waals surface area contributed by atoms with Gasteiger partial charge in [-0.3, -0.25) is 0 Å². The van der Waals surface area contributed by atoms with E-state index >= 15 is 0 Å². The zero-order valence-corrected chi connectivity index (χ0v) is 9.79. The molecule has 0 aliphatic carbocycles. The van der Waals surface area contributed by atoms with Crippen LogP contribution in [0.2, 0.25) is 0 Å². The SMILES string of the molecule is CCN(C)Cc1cc(CN)ccc1OC. The molecule has 0 saturated carbocycles. The van der Waals surface area contributed by atoms with Crippen molar-refractivity contribution in [1.29, 1.82) is 0 Å². The molecule has 0 fully saturated rings. The number of nitrogens with two attached hydrogens (primary N) is 1. The van der Waals surface area contributed by atoms with E-state index in [4.69, 9.17) is 10.5 Å². The van der Waals surface area contributed by atoms with E-state index in [0.717, 1.165) is 24.4 Å². The van der Waals surface area contributed by atoms with Crippen molar-refractivity contribution in [1.82, 2.24) is 4.90 Å². The van der Waals surface area contributed by atoms with Gasteiger partial charge < -0.3 is 15.4 Å². The minimum Gasteiger partial charge on any atom is -0.496 e. The van der Waals surface area contributed by atoms with E-state index in [0.29, 0.717) is 6.54 Å². The van der Waals surface area contributed by atoms with Gasteiger partial charge in [-0.25, -0.2) is 0 Å². The molecule has 15 heavy (non-hydrogen) atoms. The van der Waals surface area contributed by atoms with Gasteiger partial charge in [0.25, 0.3) is 0 Å². The number of benzene rings is 1. The molecule has 1 aromatic rings. The highest BCUT2D eigenvalue weighted by Crippen LogP contribution is 2.21. The zero-order chi connectivity index (χ0) is 11.3. The highest BCUT2D eigenvalue weighted by atomic mass is 16.5. The Morgan fingerprint density at radius 3 is 2.67 bits per heavy atom. The first kappa shape index (κ1) is 12.0. The number of hydrogen-bond acceptors (Lipinski definition) is 3. The van der Waals surface area contributed by atoms with E-state index in [1.165, 1.54) is 5.56 Å². The van der Waals surface area contributed by atoms with Crippen molar-refractivity contribution in [2.45, 2.75) is 20.0 Å². The Bertz CT molecular complexity index is 312. The molecule has 1 aromatic carbocycles. The van der Waals surface area contributed by atoms with Crippen LogP contribution in [0.4, 0.5) is 0 Å². The number of methoxy groups -OCH3 is 1. The van der Waals surface area contributed by atoms with Gasteiger partial charge in [-0.15, -0.1) is 0 Å². The summed E-state index contributed by atoms with van der Waals surface area (Å²) in [5, 5.41) is 0. The fraction of sp³-hybridized carbons (Fsp3) is 0.500. The third-order valence-electron chi connectivity index (χ3n) is 2.56. The van der Waals surface area contributed by atoms with Crippen molar-refractivity contribution in [3.63, 3.8) is 0 Å². The van der Waals surface area contributed by atoms with Gasteiger partial charge in [-0.1, -0.05) is 13.0 Å². The van der Waals surface area contributed by atoms with Crippen LogP contribution in [-0.2, 0) is 13.1 Å². The second kappa shape index (κ2) is 5.73. The summed E-state index contributed by atoms with van der Waals surface area (Å²) in [7, 11) is 3.79. The molecule has 2 N–H and O–H groups in total. The van der Waals surface area contributed by atoms with Crippen LogP contribution in [-0.4, -0.2) is 25.6 Å². The molecule has 0 radical (unpaired) electrons. The van der Waals surface area contributed by atoms with Crippen molar-refractivity contribution in [3.05, 3.63) is 29.3 Å². The van der Waals surface area contributed by atoms with E-state index in [1.807, 2.05) is 12.1 Å². The highest BCUT2D eigenvalue weighted by Gasteiger charge is 2.05. The van der Waals surface area contributed by atoms with Crippen molar-refractivity contribution >= 4 is 0 Å². The molecule has 0 bridgehead atoms. The summed E-state index contributed by atoms with van der Waals surface area (Å²) in [6.45, 7) is 4.63. The lowest BCUT2D eigenvalue weighted by atomic mass is 10.1. The Balaban J connectivity index is 2.90. The first-order chi connectivity index (χ1) is 7.21. The first-order valence-electron chi connectivity index (χ1n) is 5.25. The Morgan fingerprint density at radius 1 is 1.40 bits per heavy atom. The minimum absolute atomic E-state index is 0.576. The van der Waals surface area contributed by atoms with Crippen LogP contribution in [0.15, 0.2) is 18.2 Å². The summed E-state index contributed by atoms with van der Waals surface area (Å²) in [4.78, 5) is 2.23. The maximum Gasteiger partial charge on any atom is 0.123 e. The van der Waals surface area contributed by atoms with Crippen molar-refractivity contribution in [2.24, 2.45) is 5.73 Å². The summed E-state index contributed by atoms with van der Waals surface area (Å²) in [5.74, 6) is 0.938. The van der Waals surface area contributed by atoms with Gasteiger partial charge in [-0.2, -0.15) is 0 Å². The van der Waals surface area contributed by atoms with E-state index in [-0.39, 0.29) is 0 Å². The smallest absolute Gasteiger partial charge is 0.123 e. The molecule has 3 nitrogen and oxygen atoms in total. The third kappa shape index (κ3) is 3.22. The molecule has 0 saturated heterocycles. The van der Waals surface area contributed by atoms with E-state index < -0.39 is 0 Å². The fourth-order valence-electron chi connectivity index (χ4n) is 1.49. The Labute approximate surface area is 91.8 Å². The van der Waals surface area contributed by atoms with Crippen LogP contribution in [0.3, 0.4) is 0 Å². The molecule has 0 aliphatic heterocycles. The summed E-state index contributed by atoms with van der Waals surface area (Å²) >= 11 is 0. The van der Waals surface area contributed by atoms with Gasteiger partial charge >= 0.3 is 0 Å². The Kier molecular flexibility index (Phi) is 4.59. The zero-order valence-electron chi connectivity index (χ0n) is 9.79. The van der Waals surface area contributed by atoms with Crippen molar-refractivity contribution < 1.29 is 4.74 Å². The second-order valence-corrected chi connectivity index (χ2v) is 3.68. The minimum atomic E-state index is 0.576. The molecule has 0 atom stereocenters. The molecule has 1 rings (SSSR count). The number of nitrogens with zero attached hydrogens (tertiary/aromatic N) is 1. The number of hydrogen-bond donors (Lipinski definition) is 1. The van der Waals surface area contributed by atoms with Gasteiger partial charge in [0.2, 0.25) is 0 Å². The third-order valence-corrected chi connectivity index (χ3v) is 2.56. The van der Waals surface area contributed by atoms with Crippen LogP contribution in [0.5, 0.6) is 5.75 Å². The van der Waals surface area contributed by atoms with E-state index in [2.05, 4.69) is 24.9 Å². The lowest BCUT2D eigenvalue weighted by Gasteiger charge is -2.17. The van der Waals surface area contributed by atoms with E-state index in [1.54, 1.807) is 7.11 Å². The van der Waals surface area contributed by atoms with Gasteiger partial charge in [0.1, 0.15) is 5.75 Å². The topological polar surface area (TPSA) is 38.5 Å². The lowest BCUT2D eigenvalue weighted by molar-refractivity contribution is 0.333. The number of ether oxygens (including phenoxy) is 1. The summed E-state index contributed by atoms with van der Waals surface area (Å²) < 4.78 is 5.32. The molecular weight excluding hydrogens is 188 g/mol. The summed E-state index contributed by atoms with van der Waals surface area (Å²) in [6, 6.07) is 6.11. The predicted molar refractivity (Wildman–Crippen MR) is 62.9 cm³/mol. The molecule has 0 spiro atoms. The van der Waals surface area contributed by atoms with E-state index in [9.17, 15) is 0 Å². The first-order valence-corrected chi connectivity index (χ1v) is 5.25. The van der Waals surface area contributed by atoms with Crippen molar-refractivity contribution in [2.75, 3.05) is 20.7 Å². The predicted octanol–water partition coefficient (Wildman–Crippen LogP) is 1.61. The standard InChI is InChI=1S/C12H20N2O/c1-4-14(2)9-11-7-10(8-13)5-6-12(11)15-3/h5-7H,4,8-9,13H2,1-3H3. The molecule has 0 aliphatic rings. The van der Waals surface area contributed by atoms with Crippen LogP contribution in [0, 0.1) is 0 Å². The average Bonchev–Trinajstić information content (AvgIpc) is 2.28. The van der Waals surface area contributed by atoms with Gasteiger partial charge in [0, 0.05) is 18.7 Å². The molecule has 0 heterocycles. The van der Waals surface area contributed by atoms with Crippen molar-refractivity contribution in [3.8, 4) is 5.75 Å². The van der Waals surface area contributed by atoms with Gasteiger partial charge in [-0.05, 0) is 31.3 Å². The van der Waals surface area contributed by atoms with Gasteiger partial charge in [0.05, 0.1) is 7.11 Å². The molecule has 0 unspecified atom stereocenters. The monoisotopic (exact) mass is 208 g/mol. The Hall–Kier alpha value is -1.06. The molecular formula is C12H20N2O. The molecule has 0 amide bonds. The number of rotatable bonds is 5. The molecule has 84 valence electrons. The maximum atomic E-state index is 5.62. The normalized spacial score (nSPS) is 10.7. The van der Waals surface area contributed by atoms with Crippen LogP contribution < -0.4 is 10.5 Å². The average molecular weight is 208 g/mol. The maximum absolute atomic E-state index is 5.62. The summed E-state index contributed by atoms with van der Waals surface area (Å²) in [6.07, 6.45) is 0. The Morgan fingerprint density at radius 2 is 2.13 bits per heavy atom.